The van der Waals surface area contributed by atoms with Crippen LogP contribution in [0.4, 0.5) is 11.4 Å². The van der Waals surface area contributed by atoms with Gasteiger partial charge in [0.2, 0.25) is 5.91 Å². The summed E-state index contributed by atoms with van der Waals surface area (Å²) in [6.07, 6.45) is 0.287. The highest BCUT2D eigenvalue weighted by Crippen LogP contribution is 2.33. The van der Waals surface area contributed by atoms with Crippen LogP contribution in [0.5, 0.6) is 0 Å². The maximum absolute atomic E-state index is 12.2. The molecule has 4 rings (SSSR count). The third-order valence-corrected chi connectivity index (χ3v) is 3.83. The molecule has 1 aliphatic rings. The van der Waals surface area contributed by atoms with Crippen LogP contribution in [0.2, 0.25) is 0 Å². The summed E-state index contributed by atoms with van der Waals surface area (Å²) in [6.45, 7) is 0. The van der Waals surface area contributed by atoms with Crippen molar-refractivity contribution in [3.63, 3.8) is 0 Å². The molecule has 1 aliphatic heterocycles. The molecule has 3 heteroatoms. The summed E-state index contributed by atoms with van der Waals surface area (Å²) in [5.74, 6) is -0.0309. The third-order valence-electron chi connectivity index (χ3n) is 3.83. The molecule has 1 heterocycles. The van der Waals surface area contributed by atoms with Gasteiger partial charge >= 0.3 is 0 Å². The van der Waals surface area contributed by atoms with E-state index in [0.717, 1.165) is 33.4 Å². The molecule has 3 aromatic carbocycles. The van der Waals surface area contributed by atoms with Gasteiger partial charge in [-0.15, -0.1) is 0 Å². The Balaban J connectivity index is 1.91. The molecule has 0 saturated heterocycles. The molecule has 0 radical (unpaired) electrons. The van der Waals surface area contributed by atoms with E-state index in [0.29, 0.717) is 0 Å². The fraction of sp³-hybridized carbons (Fsp3) is 0.0526. The summed E-state index contributed by atoms with van der Waals surface area (Å²) in [5, 5.41) is 5.18. The predicted molar refractivity (Wildman–Crippen MR) is 89.8 cm³/mol. The zero-order valence-electron chi connectivity index (χ0n) is 11.9. The second kappa shape index (κ2) is 5.11. The van der Waals surface area contributed by atoms with Crippen LogP contribution in [-0.2, 0) is 4.79 Å². The summed E-state index contributed by atoms with van der Waals surface area (Å²) < 4.78 is 0. The van der Waals surface area contributed by atoms with Gasteiger partial charge in [0.25, 0.3) is 0 Å². The quantitative estimate of drug-likeness (QED) is 0.712. The SMILES string of the molecule is O=C1CC(c2ccccc2)=Nc2cc3ccccc3cc2N1. The van der Waals surface area contributed by atoms with E-state index in [1.807, 2.05) is 60.7 Å². The number of carbonyl (C=O) groups excluding carboxylic acids is 1. The maximum Gasteiger partial charge on any atom is 0.230 e. The standard InChI is InChI=1S/C19H14N2O/c22-19-12-16(13-6-2-1-3-7-13)20-17-10-14-8-4-5-9-15(14)11-18(17)21-19/h1-11H,12H2,(H,21,22). The number of hydrogen-bond acceptors (Lipinski definition) is 2. The van der Waals surface area contributed by atoms with Crippen molar-refractivity contribution in [3.8, 4) is 0 Å². The number of carbonyl (C=O) groups is 1. The molecule has 0 aliphatic carbocycles. The number of nitrogens with one attached hydrogen (secondary N) is 1. The number of rotatable bonds is 1. The molecule has 0 saturated carbocycles. The summed E-state index contributed by atoms with van der Waals surface area (Å²) in [5.41, 5.74) is 3.36. The fourth-order valence-electron chi connectivity index (χ4n) is 2.75. The van der Waals surface area contributed by atoms with E-state index in [-0.39, 0.29) is 12.3 Å². The molecule has 0 aromatic heterocycles. The van der Waals surface area contributed by atoms with Crippen LogP contribution in [0.25, 0.3) is 10.8 Å². The predicted octanol–water partition coefficient (Wildman–Crippen LogP) is 4.30. The lowest BCUT2D eigenvalue weighted by Gasteiger charge is -2.06. The molecular formula is C19H14N2O. The van der Waals surface area contributed by atoms with Gasteiger partial charge in [0.05, 0.1) is 23.5 Å². The molecule has 0 unspecified atom stereocenters. The Morgan fingerprint density at radius 1 is 0.864 bits per heavy atom. The van der Waals surface area contributed by atoms with Crippen LogP contribution in [-0.4, -0.2) is 11.6 Å². The van der Waals surface area contributed by atoms with E-state index in [1.54, 1.807) is 0 Å². The molecule has 0 atom stereocenters. The van der Waals surface area contributed by atoms with Crippen molar-refractivity contribution < 1.29 is 4.79 Å². The van der Waals surface area contributed by atoms with Crippen molar-refractivity contribution in [2.45, 2.75) is 6.42 Å². The van der Waals surface area contributed by atoms with Crippen molar-refractivity contribution >= 4 is 33.8 Å². The van der Waals surface area contributed by atoms with Crippen molar-refractivity contribution in [3.05, 3.63) is 72.3 Å². The third kappa shape index (κ3) is 2.27. The molecule has 1 N–H and O–H groups in total. The number of benzene rings is 3. The van der Waals surface area contributed by atoms with Crippen LogP contribution in [0.3, 0.4) is 0 Å². The minimum atomic E-state index is -0.0309. The molecule has 1 amide bonds. The van der Waals surface area contributed by atoms with Crippen LogP contribution in [0, 0.1) is 0 Å². The van der Waals surface area contributed by atoms with Crippen LogP contribution in [0.15, 0.2) is 71.7 Å². The Labute approximate surface area is 128 Å². The number of hydrogen-bond donors (Lipinski definition) is 1. The second-order valence-corrected chi connectivity index (χ2v) is 5.37. The minimum absolute atomic E-state index is 0.0309. The number of fused-ring (bicyclic) bond motifs is 2. The molecule has 3 nitrogen and oxygen atoms in total. The Morgan fingerprint density at radius 2 is 1.55 bits per heavy atom. The van der Waals surface area contributed by atoms with Gasteiger partial charge in [0.15, 0.2) is 0 Å². The highest BCUT2D eigenvalue weighted by Gasteiger charge is 2.17. The number of amides is 1. The summed E-state index contributed by atoms with van der Waals surface area (Å²) in [4.78, 5) is 16.9. The average Bonchev–Trinajstić information content (AvgIpc) is 2.71. The van der Waals surface area contributed by atoms with Crippen molar-refractivity contribution in [2.24, 2.45) is 4.99 Å². The first-order valence-electron chi connectivity index (χ1n) is 7.25. The van der Waals surface area contributed by atoms with Gasteiger partial charge in [0, 0.05) is 0 Å². The zero-order chi connectivity index (χ0) is 14.9. The van der Waals surface area contributed by atoms with E-state index < -0.39 is 0 Å². The Hall–Kier alpha value is -2.94. The molecule has 106 valence electrons. The van der Waals surface area contributed by atoms with E-state index in [9.17, 15) is 4.79 Å². The first-order valence-corrected chi connectivity index (χ1v) is 7.25. The van der Waals surface area contributed by atoms with Gasteiger partial charge < -0.3 is 5.32 Å². The minimum Gasteiger partial charge on any atom is -0.324 e. The van der Waals surface area contributed by atoms with E-state index in [2.05, 4.69) is 11.4 Å². The normalized spacial score (nSPS) is 14.0. The van der Waals surface area contributed by atoms with E-state index in [1.165, 1.54) is 0 Å². The fourth-order valence-corrected chi connectivity index (χ4v) is 2.75. The molecule has 0 bridgehead atoms. The Kier molecular flexibility index (Phi) is 2.97. The highest BCUT2D eigenvalue weighted by molar-refractivity contribution is 6.17. The van der Waals surface area contributed by atoms with Crippen LogP contribution >= 0.6 is 0 Å². The van der Waals surface area contributed by atoms with E-state index in [4.69, 9.17) is 4.99 Å². The molecule has 0 spiro atoms. The maximum atomic E-state index is 12.2. The van der Waals surface area contributed by atoms with Gasteiger partial charge in [-0.1, -0.05) is 54.6 Å². The van der Waals surface area contributed by atoms with Crippen molar-refractivity contribution in [1.82, 2.24) is 0 Å². The van der Waals surface area contributed by atoms with Crippen LogP contribution in [0.1, 0.15) is 12.0 Å². The van der Waals surface area contributed by atoms with Gasteiger partial charge in [0.1, 0.15) is 0 Å². The number of aliphatic imine (C=N–C) groups is 1. The summed E-state index contributed by atoms with van der Waals surface area (Å²) in [6, 6.07) is 22.0. The largest absolute Gasteiger partial charge is 0.324 e. The second-order valence-electron chi connectivity index (χ2n) is 5.37. The first-order chi connectivity index (χ1) is 10.8. The molecule has 22 heavy (non-hydrogen) atoms. The topological polar surface area (TPSA) is 41.5 Å². The Morgan fingerprint density at radius 3 is 2.32 bits per heavy atom. The number of nitrogens with zero attached hydrogens (tertiary/aromatic N) is 1. The lowest BCUT2D eigenvalue weighted by molar-refractivity contribution is -0.115. The molecule has 0 fully saturated rings. The van der Waals surface area contributed by atoms with Gasteiger partial charge in [-0.25, -0.2) is 0 Å². The summed E-state index contributed by atoms with van der Waals surface area (Å²) in [7, 11) is 0. The molecule has 3 aromatic rings. The van der Waals surface area contributed by atoms with Gasteiger partial charge in [-0.2, -0.15) is 0 Å². The lowest BCUT2D eigenvalue weighted by Crippen LogP contribution is -2.14. The van der Waals surface area contributed by atoms with Crippen LogP contribution < -0.4 is 5.32 Å². The smallest absolute Gasteiger partial charge is 0.230 e. The monoisotopic (exact) mass is 286 g/mol. The molecular weight excluding hydrogens is 272 g/mol. The van der Waals surface area contributed by atoms with Crippen molar-refractivity contribution in [1.29, 1.82) is 0 Å². The van der Waals surface area contributed by atoms with Gasteiger partial charge in [-0.05, 0) is 28.5 Å². The number of anilines is 1. The average molecular weight is 286 g/mol. The zero-order valence-corrected chi connectivity index (χ0v) is 11.9. The lowest BCUT2D eigenvalue weighted by atomic mass is 10.1. The van der Waals surface area contributed by atoms with Crippen molar-refractivity contribution in [2.75, 3.05) is 5.32 Å². The highest BCUT2D eigenvalue weighted by atomic mass is 16.1. The van der Waals surface area contributed by atoms with Gasteiger partial charge in [-0.3, -0.25) is 9.79 Å². The Bertz CT molecular complexity index is 898. The van der Waals surface area contributed by atoms with E-state index >= 15 is 0 Å². The summed E-state index contributed by atoms with van der Waals surface area (Å²) >= 11 is 0. The first kappa shape index (κ1) is 12.8.